The maximum atomic E-state index is 12.5. The third-order valence-corrected chi connectivity index (χ3v) is 4.53. The van der Waals surface area contributed by atoms with Gasteiger partial charge in [0.25, 0.3) is 0 Å². The molecule has 0 unspecified atom stereocenters. The van der Waals surface area contributed by atoms with Crippen LogP contribution in [0.1, 0.15) is 66.2 Å². The van der Waals surface area contributed by atoms with E-state index in [0.29, 0.717) is 17.7 Å². The van der Waals surface area contributed by atoms with Gasteiger partial charge in [-0.2, -0.15) is 0 Å². The van der Waals surface area contributed by atoms with Crippen molar-refractivity contribution in [2.24, 2.45) is 17.8 Å². The molecule has 1 amide bonds. The highest BCUT2D eigenvalue weighted by Crippen LogP contribution is 2.19. The Morgan fingerprint density at radius 1 is 1.05 bits per heavy atom. The van der Waals surface area contributed by atoms with Gasteiger partial charge in [0.1, 0.15) is 0 Å². The smallest absolute Gasteiger partial charge is 0.222 e. The number of nitrogens with zero attached hydrogens (tertiary/aromatic N) is 1. The lowest BCUT2D eigenvalue weighted by Gasteiger charge is -2.27. The molecule has 132 valence electrons. The topological polar surface area (TPSA) is 32.3 Å². The number of carbonyl (C=O) groups is 1. The summed E-state index contributed by atoms with van der Waals surface area (Å²) in [6, 6.07) is 0. The lowest BCUT2D eigenvalue weighted by atomic mass is 9.93. The van der Waals surface area contributed by atoms with Crippen LogP contribution in [0.5, 0.6) is 0 Å². The fraction of sp³-hybridized carbons (Fsp3) is 0.944. The summed E-state index contributed by atoms with van der Waals surface area (Å²) < 4.78 is 0. The van der Waals surface area contributed by atoms with Gasteiger partial charge in [-0.25, -0.2) is 0 Å². The van der Waals surface area contributed by atoms with E-state index in [2.05, 4.69) is 37.9 Å². The van der Waals surface area contributed by atoms with E-state index in [4.69, 9.17) is 0 Å². The Hall–Kier alpha value is -0.280. The molecule has 0 aromatic carbocycles. The quantitative estimate of drug-likeness (QED) is 0.689. The molecule has 0 saturated carbocycles. The molecular weight excluding hydrogens is 296 g/mol. The first kappa shape index (κ1) is 21.7. The summed E-state index contributed by atoms with van der Waals surface area (Å²) >= 11 is 0. The Bertz CT molecular complexity index is 277. The third-order valence-electron chi connectivity index (χ3n) is 4.53. The summed E-state index contributed by atoms with van der Waals surface area (Å²) in [6.07, 6.45) is 6.56. The SMILES string of the molecule is CC(C)CCN(CCC(C)C)C(=O)CCC1CCNCC1.Cl. The molecule has 0 bridgehead atoms. The summed E-state index contributed by atoms with van der Waals surface area (Å²) in [4.78, 5) is 14.6. The minimum absolute atomic E-state index is 0. The van der Waals surface area contributed by atoms with Crippen LogP contribution >= 0.6 is 12.4 Å². The highest BCUT2D eigenvalue weighted by atomic mass is 35.5. The van der Waals surface area contributed by atoms with Crippen molar-refractivity contribution in [2.45, 2.75) is 66.2 Å². The molecule has 1 rings (SSSR count). The second kappa shape index (κ2) is 12.2. The van der Waals surface area contributed by atoms with Gasteiger partial charge in [-0.1, -0.05) is 27.7 Å². The predicted octanol–water partition coefficient (Wildman–Crippen LogP) is 4.11. The Morgan fingerprint density at radius 3 is 2.00 bits per heavy atom. The second-order valence-electron chi connectivity index (χ2n) is 7.48. The molecule has 0 aliphatic carbocycles. The van der Waals surface area contributed by atoms with Crippen molar-refractivity contribution in [1.82, 2.24) is 10.2 Å². The minimum atomic E-state index is 0. The molecule has 0 radical (unpaired) electrons. The van der Waals surface area contributed by atoms with Crippen LogP contribution < -0.4 is 5.32 Å². The number of hydrogen-bond acceptors (Lipinski definition) is 2. The van der Waals surface area contributed by atoms with Crippen molar-refractivity contribution in [1.29, 1.82) is 0 Å². The molecule has 0 spiro atoms. The highest BCUT2D eigenvalue weighted by Gasteiger charge is 2.18. The van der Waals surface area contributed by atoms with Crippen LogP contribution in [0.3, 0.4) is 0 Å². The minimum Gasteiger partial charge on any atom is -0.343 e. The summed E-state index contributed by atoms with van der Waals surface area (Å²) in [5.41, 5.74) is 0. The van der Waals surface area contributed by atoms with E-state index >= 15 is 0 Å². The number of hydrogen-bond donors (Lipinski definition) is 1. The monoisotopic (exact) mass is 332 g/mol. The number of piperidine rings is 1. The number of amides is 1. The van der Waals surface area contributed by atoms with Crippen molar-refractivity contribution in [3.05, 3.63) is 0 Å². The zero-order valence-corrected chi connectivity index (χ0v) is 15.9. The second-order valence-corrected chi connectivity index (χ2v) is 7.48. The van der Waals surface area contributed by atoms with Crippen LogP contribution in [0.4, 0.5) is 0 Å². The van der Waals surface area contributed by atoms with Crippen molar-refractivity contribution in [3.63, 3.8) is 0 Å². The molecule has 0 atom stereocenters. The fourth-order valence-electron chi connectivity index (χ4n) is 2.85. The standard InChI is InChI=1S/C18H36N2O.ClH/c1-15(2)9-13-20(14-10-16(3)4)18(21)6-5-17-7-11-19-12-8-17;/h15-17,19H,5-14H2,1-4H3;1H. The first-order valence-corrected chi connectivity index (χ1v) is 8.97. The Labute approximate surface area is 144 Å². The first-order chi connectivity index (χ1) is 9.99. The van der Waals surface area contributed by atoms with E-state index < -0.39 is 0 Å². The Morgan fingerprint density at radius 2 is 1.55 bits per heavy atom. The van der Waals surface area contributed by atoms with Gasteiger partial charge in [0.2, 0.25) is 5.91 Å². The molecule has 22 heavy (non-hydrogen) atoms. The number of nitrogens with one attached hydrogen (secondary N) is 1. The number of rotatable bonds is 9. The van der Waals surface area contributed by atoms with Crippen LogP contribution in [-0.2, 0) is 4.79 Å². The van der Waals surface area contributed by atoms with Gasteiger partial charge in [0.05, 0.1) is 0 Å². The van der Waals surface area contributed by atoms with Crippen LogP contribution in [0.15, 0.2) is 0 Å². The van der Waals surface area contributed by atoms with Gasteiger partial charge < -0.3 is 10.2 Å². The van der Waals surface area contributed by atoms with Crippen molar-refractivity contribution in [3.8, 4) is 0 Å². The molecule has 3 nitrogen and oxygen atoms in total. The molecule has 1 aliphatic rings. The molecule has 0 aromatic rings. The highest BCUT2D eigenvalue weighted by molar-refractivity contribution is 5.85. The summed E-state index contributed by atoms with van der Waals surface area (Å²) in [7, 11) is 0. The van der Waals surface area contributed by atoms with Gasteiger partial charge in [0.15, 0.2) is 0 Å². The van der Waals surface area contributed by atoms with E-state index in [1.165, 1.54) is 12.8 Å². The van der Waals surface area contributed by atoms with Gasteiger partial charge in [-0.15, -0.1) is 12.4 Å². The summed E-state index contributed by atoms with van der Waals surface area (Å²) in [5, 5.41) is 3.40. The van der Waals surface area contributed by atoms with Gasteiger partial charge in [-0.05, 0) is 62.9 Å². The normalized spacial score (nSPS) is 15.9. The van der Waals surface area contributed by atoms with Crippen LogP contribution in [-0.4, -0.2) is 37.0 Å². The fourth-order valence-corrected chi connectivity index (χ4v) is 2.85. The predicted molar refractivity (Wildman–Crippen MR) is 97.6 cm³/mol. The molecule has 1 saturated heterocycles. The van der Waals surface area contributed by atoms with E-state index in [9.17, 15) is 4.79 Å². The molecule has 0 aromatic heterocycles. The van der Waals surface area contributed by atoms with Gasteiger partial charge in [0, 0.05) is 19.5 Å². The Balaban J connectivity index is 0.00000441. The molecule has 1 N–H and O–H groups in total. The zero-order valence-electron chi connectivity index (χ0n) is 15.1. The van der Waals surface area contributed by atoms with Crippen LogP contribution in [0.25, 0.3) is 0 Å². The number of halogens is 1. The van der Waals surface area contributed by atoms with E-state index in [0.717, 1.165) is 57.8 Å². The summed E-state index contributed by atoms with van der Waals surface area (Å²) in [6.45, 7) is 13.1. The van der Waals surface area contributed by atoms with Crippen molar-refractivity contribution < 1.29 is 4.79 Å². The first-order valence-electron chi connectivity index (χ1n) is 8.97. The van der Waals surface area contributed by atoms with E-state index in [1.54, 1.807) is 0 Å². The maximum absolute atomic E-state index is 12.5. The largest absolute Gasteiger partial charge is 0.343 e. The summed E-state index contributed by atoms with van der Waals surface area (Å²) in [5.74, 6) is 2.48. The zero-order chi connectivity index (χ0) is 15.7. The van der Waals surface area contributed by atoms with Crippen molar-refractivity contribution >= 4 is 18.3 Å². The van der Waals surface area contributed by atoms with Crippen molar-refractivity contribution in [2.75, 3.05) is 26.2 Å². The molecule has 4 heteroatoms. The Kier molecular flexibility index (Phi) is 12.0. The molecular formula is C18H37ClN2O. The van der Waals surface area contributed by atoms with E-state index in [1.807, 2.05) is 0 Å². The average molecular weight is 333 g/mol. The molecule has 1 fully saturated rings. The molecule has 1 aliphatic heterocycles. The molecule has 1 heterocycles. The van der Waals surface area contributed by atoms with Crippen LogP contribution in [0.2, 0.25) is 0 Å². The van der Waals surface area contributed by atoms with E-state index in [-0.39, 0.29) is 12.4 Å². The van der Waals surface area contributed by atoms with Gasteiger partial charge >= 0.3 is 0 Å². The average Bonchev–Trinajstić information content (AvgIpc) is 2.45. The number of carbonyl (C=O) groups excluding carboxylic acids is 1. The third kappa shape index (κ3) is 9.68. The lowest BCUT2D eigenvalue weighted by molar-refractivity contribution is -0.131. The lowest BCUT2D eigenvalue weighted by Crippen LogP contribution is -2.35. The van der Waals surface area contributed by atoms with Crippen LogP contribution in [0, 0.1) is 17.8 Å². The van der Waals surface area contributed by atoms with Gasteiger partial charge in [-0.3, -0.25) is 4.79 Å². The maximum Gasteiger partial charge on any atom is 0.222 e.